The number of hydrazine groups is 2. The van der Waals surface area contributed by atoms with Crippen molar-refractivity contribution in [2.24, 2.45) is 0 Å². The zero-order valence-electron chi connectivity index (χ0n) is 15.2. The second-order valence-corrected chi connectivity index (χ2v) is 6.59. The Morgan fingerprint density at radius 3 is 2.89 bits per heavy atom. The van der Waals surface area contributed by atoms with Crippen LogP contribution in [0.4, 0.5) is 23.1 Å². The van der Waals surface area contributed by atoms with E-state index in [-0.39, 0.29) is 0 Å². The number of anilines is 4. The van der Waals surface area contributed by atoms with Gasteiger partial charge < -0.3 is 5.32 Å². The van der Waals surface area contributed by atoms with Crippen LogP contribution in [0.15, 0.2) is 61.1 Å². The Hall–Kier alpha value is -3.78. The standard InChI is InChI=1S/C20H18N8/c1-13-4-6-16(10-22-13)24-18-11-23-19-20(25-18)28(27-26-19)12-14-5-7-17-15(9-14)3-2-8-21-17/h2-11,27H,12H2,1H3,(H,23,26)(H,24,25). The molecule has 0 bridgehead atoms. The van der Waals surface area contributed by atoms with Crippen molar-refractivity contribution >= 4 is 34.0 Å². The van der Waals surface area contributed by atoms with E-state index >= 15 is 0 Å². The maximum absolute atomic E-state index is 4.70. The Kier molecular flexibility index (Phi) is 3.95. The highest BCUT2D eigenvalue weighted by Gasteiger charge is 2.22. The van der Waals surface area contributed by atoms with Gasteiger partial charge in [-0.05, 0) is 42.8 Å². The molecule has 0 radical (unpaired) electrons. The Balaban J connectivity index is 1.39. The smallest absolute Gasteiger partial charge is 0.191 e. The molecule has 1 aromatic carbocycles. The summed E-state index contributed by atoms with van der Waals surface area (Å²) in [5.74, 6) is 2.08. The van der Waals surface area contributed by atoms with Crippen molar-refractivity contribution in [2.45, 2.75) is 13.5 Å². The van der Waals surface area contributed by atoms with Crippen LogP contribution in [0, 0.1) is 6.92 Å². The van der Waals surface area contributed by atoms with E-state index in [1.54, 1.807) is 18.6 Å². The minimum absolute atomic E-state index is 0.634. The van der Waals surface area contributed by atoms with Crippen LogP contribution in [-0.2, 0) is 6.54 Å². The van der Waals surface area contributed by atoms with Crippen molar-refractivity contribution < 1.29 is 0 Å². The molecule has 138 valence electrons. The summed E-state index contributed by atoms with van der Waals surface area (Å²) in [6, 6.07) is 14.2. The fraction of sp³-hybridized carbons (Fsp3) is 0.100. The third kappa shape index (κ3) is 3.17. The summed E-state index contributed by atoms with van der Waals surface area (Å²) in [6.07, 6.45) is 5.28. The molecule has 3 aromatic heterocycles. The fourth-order valence-electron chi connectivity index (χ4n) is 3.10. The zero-order valence-corrected chi connectivity index (χ0v) is 15.2. The first-order valence-corrected chi connectivity index (χ1v) is 8.94. The molecule has 0 fully saturated rings. The summed E-state index contributed by atoms with van der Waals surface area (Å²) in [7, 11) is 0. The van der Waals surface area contributed by atoms with Crippen LogP contribution in [0.1, 0.15) is 11.3 Å². The SMILES string of the molecule is Cc1ccc(Nc2cnc3c(n2)N(Cc2ccc4ncccc4c2)NN3)cn1. The Morgan fingerprint density at radius 2 is 2.00 bits per heavy atom. The topological polar surface area (TPSA) is 90.9 Å². The maximum Gasteiger partial charge on any atom is 0.191 e. The van der Waals surface area contributed by atoms with Gasteiger partial charge in [0.05, 0.1) is 30.1 Å². The molecule has 4 aromatic rings. The first-order chi connectivity index (χ1) is 13.7. The molecule has 0 saturated heterocycles. The quantitative estimate of drug-likeness (QED) is 0.504. The Morgan fingerprint density at radius 1 is 1.04 bits per heavy atom. The number of hydrogen-bond acceptors (Lipinski definition) is 8. The highest BCUT2D eigenvalue weighted by atomic mass is 15.7. The molecule has 0 unspecified atom stereocenters. The van der Waals surface area contributed by atoms with Crippen molar-refractivity contribution in [1.29, 1.82) is 0 Å². The first-order valence-electron chi connectivity index (χ1n) is 8.94. The number of hydrogen-bond donors (Lipinski definition) is 3. The van der Waals surface area contributed by atoms with Gasteiger partial charge in [-0.15, -0.1) is 5.53 Å². The molecule has 28 heavy (non-hydrogen) atoms. The monoisotopic (exact) mass is 370 g/mol. The molecule has 0 spiro atoms. The predicted octanol–water partition coefficient (Wildman–Crippen LogP) is 3.32. The van der Waals surface area contributed by atoms with E-state index < -0.39 is 0 Å². The molecule has 8 heteroatoms. The molecule has 5 rings (SSSR count). The predicted molar refractivity (Wildman–Crippen MR) is 109 cm³/mol. The van der Waals surface area contributed by atoms with Crippen LogP contribution >= 0.6 is 0 Å². The lowest BCUT2D eigenvalue weighted by Gasteiger charge is -2.17. The number of aryl methyl sites for hydroxylation is 1. The number of benzene rings is 1. The molecule has 0 aliphatic carbocycles. The van der Waals surface area contributed by atoms with Crippen molar-refractivity contribution in [3.05, 3.63) is 72.3 Å². The Labute approximate surface area is 161 Å². The van der Waals surface area contributed by atoms with Crippen molar-refractivity contribution in [3.63, 3.8) is 0 Å². The van der Waals surface area contributed by atoms with E-state index in [0.29, 0.717) is 18.2 Å². The van der Waals surface area contributed by atoms with E-state index in [1.807, 2.05) is 36.2 Å². The summed E-state index contributed by atoms with van der Waals surface area (Å²) in [5, 5.41) is 6.28. The third-order valence-electron chi connectivity index (χ3n) is 4.51. The summed E-state index contributed by atoms with van der Waals surface area (Å²) >= 11 is 0. The number of aromatic nitrogens is 4. The highest BCUT2D eigenvalue weighted by Crippen LogP contribution is 2.28. The van der Waals surface area contributed by atoms with Gasteiger partial charge in [0, 0.05) is 17.3 Å². The summed E-state index contributed by atoms with van der Waals surface area (Å²) < 4.78 is 0. The van der Waals surface area contributed by atoms with Gasteiger partial charge in [-0.1, -0.05) is 12.1 Å². The molecule has 8 nitrogen and oxygen atoms in total. The fourth-order valence-corrected chi connectivity index (χ4v) is 3.10. The largest absolute Gasteiger partial charge is 0.338 e. The van der Waals surface area contributed by atoms with Crippen LogP contribution in [0.2, 0.25) is 0 Å². The van der Waals surface area contributed by atoms with E-state index in [2.05, 4.69) is 49.4 Å². The summed E-state index contributed by atoms with van der Waals surface area (Å²) in [5.41, 5.74) is 10.1. The van der Waals surface area contributed by atoms with Crippen LogP contribution in [0.5, 0.6) is 0 Å². The van der Waals surface area contributed by atoms with Crippen LogP contribution < -0.4 is 21.3 Å². The number of pyridine rings is 2. The molecule has 0 amide bonds. The van der Waals surface area contributed by atoms with Gasteiger partial charge in [0.25, 0.3) is 0 Å². The minimum Gasteiger partial charge on any atom is -0.338 e. The van der Waals surface area contributed by atoms with E-state index in [1.165, 1.54) is 0 Å². The average molecular weight is 370 g/mol. The second-order valence-electron chi connectivity index (χ2n) is 6.59. The molecule has 4 heterocycles. The number of nitrogens with one attached hydrogen (secondary N) is 3. The van der Waals surface area contributed by atoms with Crippen molar-refractivity contribution in [3.8, 4) is 0 Å². The van der Waals surface area contributed by atoms with Crippen molar-refractivity contribution in [2.75, 3.05) is 15.8 Å². The lowest BCUT2D eigenvalue weighted by atomic mass is 10.1. The van der Waals surface area contributed by atoms with Crippen molar-refractivity contribution in [1.82, 2.24) is 25.5 Å². The molecule has 1 aliphatic rings. The van der Waals surface area contributed by atoms with Crippen LogP contribution in [0.25, 0.3) is 10.9 Å². The second kappa shape index (κ2) is 6.75. The molecular formula is C20H18N8. The lowest BCUT2D eigenvalue weighted by Crippen LogP contribution is -2.35. The van der Waals surface area contributed by atoms with Crippen LogP contribution in [0.3, 0.4) is 0 Å². The van der Waals surface area contributed by atoms with E-state index in [0.717, 1.165) is 33.7 Å². The molecule has 3 N–H and O–H groups in total. The van der Waals surface area contributed by atoms with Gasteiger partial charge in [-0.3, -0.25) is 20.4 Å². The average Bonchev–Trinajstić information content (AvgIpc) is 3.12. The Bertz CT molecular complexity index is 1140. The number of rotatable bonds is 4. The lowest BCUT2D eigenvalue weighted by molar-refractivity contribution is 0.717. The highest BCUT2D eigenvalue weighted by molar-refractivity contribution is 5.79. The maximum atomic E-state index is 4.70. The van der Waals surface area contributed by atoms with Gasteiger partial charge in [0.1, 0.15) is 0 Å². The van der Waals surface area contributed by atoms with Crippen LogP contribution in [-0.4, -0.2) is 19.9 Å². The van der Waals surface area contributed by atoms with Gasteiger partial charge >= 0.3 is 0 Å². The third-order valence-corrected chi connectivity index (χ3v) is 4.51. The van der Waals surface area contributed by atoms with Gasteiger partial charge in [0.2, 0.25) is 0 Å². The molecular weight excluding hydrogens is 352 g/mol. The van der Waals surface area contributed by atoms with Gasteiger partial charge in [-0.2, -0.15) is 0 Å². The number of fused-ring (bicyclic) bond motifs is 2. The van der Waals surface area contributed by atoms with Gasteiger partial charge in [-0.25, -0.2) is 9.97 Å². The normalized spacial score (nSPS) is 12.7. The summed E-state index contributed by atoms with van der Waals surface area (Å²) in [4.78, 5) is 17.8. The van der Waals surface area contributed by atoms with Gasteiger partial charge in [0.15, 0.2) is 17.5 Å². The van der Waals surface area contributed by atoms with E-state index in [9.17, 15) is 0 Å². The number of nitrogens with zero attached hydrogens (tertiary/aromatic N) is 5. The minimum atomic E-state index is 0.634. The van der Waals surface area contributed by atoms with E-state index in [4.69, 9.17) is 4.98 Å². The zero-order chi connectivity index (χ0) is 18.9. The molecule has 0 atom stereocenters. The molecule has 0 saturated carbocycles. The first kappa shape index (κ1) is 16.4. The molecule has 1 aliphatic heterocycles. The summed E-state index contributed by atoms with van der Waals surface area (Å²) in [6.45, 7) is 2.59.